The van der Waals surface area contributed by atoms with Gasteiger partial charge in [0.2, 0.25) is 0 Å². The van der Waals surface area contributed by atoms with Crippen LogP contribution in [0.4, 0.5) is 10.5 Å². The van der Waals surface area contributed by atoms with Crippen LogP contribution in [0, 0.1) is 6.92 Å². The number of para-hydroxylation sites is 1. The molecule has 14 heavy (non-hydrogen) atoms. The fourth-order valence-electron chi connectivity index (χ4n) is 1.11. The minimum absolute atomic E-state index is 0.233. The number of hydrogen-bond donors (Lipinski definition) is 2. The number of urea groups is 1. The Morgan fingerprint density at radius 3 is 2.79 bits per heavy atom. The highest BCUT2D eigenvalue weighted by Crippen LogP contribution is 2.24. The summed E-state index contributed by atoms with van der Waals surface area (Å²) in [6, 6.07) is 5.26. The van der Waals surface area contributed by atoms with Crippen molar-refractivity contribution < 1.29 is 4.79 Å². The summed E-state index contributed by atoms with van der Waals surface area (Å²) in [6.07, 6.45) is 0. The number of carbonyl (C=O) groups is 1. The van der Waals surface area contributed by atoms with Gasteiger partial charge in [0, 0.05) is 6.54 Å². The molecule has 1 aromatic carbocycles. The second kappa shape index (κ2) is 4.86. The fourth-order valence-corrected chi connectivity index (χ4v) is 1.38. The summed E-state index contributed by atoms with van der Waals surface area (Å²) in [5, 5.41) is 5.89. The zero-order chi connectivity index (χ0) is 10.6. The number of rotatable bonds is 2. The van der Waals surface area contributed by atoms with E-state index in [4.69, 9.17) is 11.6 Å². The maximum Gasteiger partial charge on any atom is 0.319 e. The molecule has 76 valence electrons. The Balaban J connectivity index is 2.80. The van der Waals surface area contributed by atoms with Crippen LogP contribution in [0.15, 0.2) is 18.2 Å². The van der Waals surface area contributed by atoms with E-state index in [-0.39, 0.29) is 6.03 Å². The number of carbonyl (C=O) groups excluding carboxylic acids is 1. The molecule has 0 heterocycles. The molecule has 0 unspecified atom stereocenters. The number of nitrogens with one attached hydrogen (secondary N) is 2. The van der Waals surface area contributed by atoms with Crippen molar-refractivity contribution in [3.8, 4) is 0 Å². The van der Waals surface area contributed by atoms with E-state index in [9.17, 15) is 4.79 Å². The third kappa shape index (κ3) is 2.64. The zero-order valence-corrected chi connectivity index (χ0v) is 8.98. The van der Waals surface area contributed by atoms with Crippen molar-refractivity contribution in [2.24, 2.45) is 0 Å². The predicted molar refractivity (Wildman–Crippen MR) is 58.9 cm³/mol. The van der Waals surface area contributed by atoms with Gasteiger partial charge in [0.25, 0.3) is 0 Å². The van der Waals surface area contributed by atoms with E-state index >= 15 is 0 Å². The average molecular weight is 213 g/mol. The summed E-state index contributed by atoms with van der Waals surface area (Å²) >= 11 is 5.93. The predicted octanol–water partition coefficient (Wildman–Crippen LogP) is 2.79. The van der Waals surface area contributed by atoms with Gasteiger partial charge in [-0.05, 0) is 25.5 Å². The van der Waals surface area contributed by atoms with Gasteiger partial charge in [0.15, 0.2) is 0 Å². The van der Waals surface area contributed by atoms with Crippen LogP contribution >= 0.6 is 11.6 Å². The topological polar surface area (TPSA) is 41.1 Å². The van der Waals surface area contributed by atoms with Crippen molar-refractivity contribution in [1.29, 1.82) is 0 Å². The van der Waals surface area contributed by atoms with Gasteiger partial charge in [0.05, 0.1) is 10.7 Å². The number of amides is 2. The largest absolute Gasteiger partial charge is 0.338 e. The molecule has 0 saturated heterocycles. The molecule has 0 aliphatic heterocycles. The summed E-state index contributed by atoms with van der Waals surface area (Å²) in [4.78, 5) is 11.2. The first-order chi connectivity index (χ1) is 6.65. The lowest BCUT2D eigenvalue weighted by atomic mass is 10.2. The Morgan fingerprint density at radius 2 is 2.21 bits per heavy atom. The molecule has 0 fully saturated rings. The smallest absolute Gasteiger partial charge is 0.319 e. The van der Waals surface area contributed by atoms with E-state index in [2.05, 4.69) is 10.6 Å². The Labute approximate surface area is 88.5 Å². The van der Waals surface area contributed by atoms with Crippen LogP contribution in [-0.2, 0) is 0 Å². The van der Waals surface area contributed by atoms with E-state index in [1.54, 1.807) is 6.07 Å². The van der Waals surface area contributed by atoms with E-state index in [1.165, 1.54) is 0 Å². The lowest BCUT2D eigenvalue weighted by Crippen LogP contribution is -2.28. The van der Waals surface area contributed by atoms with Gasteiger partial charge in [-0.2, -0.15) is 0 Å². The lowest BCUT2D eigenvalue weighted by molar-refractivity contribution is 0.252. The van der Waals surface area contributed by atoms with E-state index in [0.717, 1.165) is 5.56 Å². The van der Waals surface area contributed by atoms with Crippen molar-refractivity contribution >= 4 is 23.3 Å². The first-order valence-electron chi connectivity index (χ1n) is 4.45. The molecule has 0 spiro atoms. The number of benzene rings is 1. The molecule has 0 aromatic heterocycles. The van der Waals surface area contributed by atoms with Crippen molar-refractivity contribution in [3.63, 3.8) is 0 Å². The molecule has 3 nitrogen and oxygen atoms in total. The molecule has 1 aromatic rings. The van der Waals surface area contributed by atoms with Crippen LogP contribution < -0.4 is 10.6 Å². The molecule has 2 amide bonds. The maximum atomic E-state index is 11.2. The highest BCUT2D eigenvalue weighted by Gasteiger charge is 2.06. The van der Waals surface area contributed by atoms with Crippen molar-refractivity contribution in [1.82, 2.24) is 5.32 Å². The maximum absolute atomic E-state index is 11.2. The summed E-state index contributed by atoms with van der Waals surface area (Å²) in [6.45, 7) is 4.35. The van der Waals surface area contributed by atoms with Crippen LogP contribution in [0.5, 0.6) is 0 Å². The number of halogens is 1. The Morgan fingerprint density at radius 1 is 1.50 bits per heavy atom. The van der Waals surface area contributed by atoms with Crippen molar-refractivity contribution in [3.05, 3.63) is 28.8 Å². The zero-order valence-electron chi connectivity index (χ0n) is 8.23. The van der Waals surface area contributed by atoms with E-state index in [0.29, 0.717) is 17.3 Å². The summed E-state index contributed by atoms with van der Waals surface area (Å²) in [7, 11) is 0. The van der Waals surface area contributed by atoms with Crippen LogP contribution in [0.3, 0.4) is 0 Å². The van der Waals surface area contributed by atoms with Gasteiger partial charge in [-0.1, -0.05) is 23.7 Å². The quantitative estimate of drug-likeness (QED) is 0.778. The molecule has 0 bridgehead atoms. The standard InChI is InChI=1S/C10H13ClN2O/c1-3-12-10(14)13-9-7(2)5-4-6-8(9)11/h4-6H,3H2,1-2H3,(H2,12,13,14). The molecule has 4 heteroatoms. The molecule has 0 radical (unpaired) electrons. The van der Waals surface area contributed by atoms with Gasteiger partial charge < -0.3 is 10.6 Å². The first-order valence-corrected chi connectivity index (χ1v) is 4.83. The normalized spacial score (nSPS) is 9.64. The minimum atomic E-state index is -0.233. The second-order valence-corrected chi connectivity index (χ2v) is 3.32. The summed E-state index contributed by atoms with van der Waals surface area (Å²) in [5.41, 5.74) is 1.61. The van der Waals surface area contributed by atoms with Crippen molar-refractivity contribution in [2.45, 2.75) is 13.8 Å². The van der Waals surface area contributed by atoms with Gasteiger partial charge in [-0.3, -0.25) is 0 Å². The third-order valence-corrected chi connectivity index (χ3v) is 2.11. The molecule has 0 aliphatic carbocycles. The Kier molecular flexibility index (Phi) is 3.77. The summed E-state index contributed by atoms with van der Waals surface area (Å²) in [5.74, 6) is 0. The van der Waals surface area contributed by atoms with Gasteiger partial charge in [-0.25, -0.2) is 4.79 Å². The first kappa shape index (κ1) is 10.9. The van der Waals surface area contributed by atoms with Gasteiger partial charge in [0.1, 0.15) is 0 Å². The highest BCUT2D eigenvalue weighted by atomic mass is 35.5. The Bertz CT molecular complexity index is 319. The molecular formula is C10H13ClN2O. The monoisotopic (exact) mass is 212 g/mol. The molecular weight excluding hydrogens is 200 g/mol. The molecule has 0 atom stereocenters. The van der Waals surface area contributed by atoms with Crippen LogP contribution in [0.2, 0.25) is 5.02 Å². The van der Waals surface area contributed by atoms with Gasteiger partial charge >= 0.3 is 6.03 Å². The van der Waals surface area contributed by atoms with Gasteiger partial charge in [-0.15, -0.1) is 0 Å². The number of hydrogen-bond acceptors (Lipinski definition) is 1. The van der Waals surface area contributed by atoms with E-state index < -0.39 is 0 Å². The SMILES string of the molecule is CCNC(=O)Nc1c(C)cccc1Cl. The van der Waals surface area contributed by atoms with Crippen molar-refractivity contribution in [2.75, 3.05) is 11.9 Å². The number of anilines is 1. The third-order valence-electron chi connectivity index (χ3n) is 1.80. The number of aryl methyl sites for hydroxylation is 1. The molecule has 2 N–H and O–H groups in total. The molecule has 0 saturated carbocycles. The van der Waals surface area contributed by atoms with Crippen LogP contribution in [0.25, 0.3) is 0 Å². The minimum Gasteiger partial charge on any atom is -0.338 e. The van der Waals surface area contributed by atoms with Crippen LogP contribution in [-0.4, -0.2) is 12.6 Å². The van der Waals surface area contributed by atoms with Crippen LogP contribution in [0.1, 0.15) is 12.5 Å². The van der Waals surface area contributed by atoms with E-state index in [1.807, 2.05) is 26.0 Å². The Hall–Kier alpha value is -1.22. The molecule has 1 rings (SSSR count). The highest BCUT2D eigenvalue weighted by molar-refractivity contribution is 6.33. The second-order valence-electron chi connectivity index (χ2n) is 2.92. The fraction of sp³-hybridized carbons (Fsp3) is 0.300. The lowest BCUT2D eigenvalue weighted by Gasteiger charge is -2.10. The average Bonchev–Trinajstić information content (AvgIpc) is 2.12. The molecule has 0 aliphatic rings. The summed E-state index contributed by atoms with van der Waals surface area (Å²) < 4.78 is 0.